The first-order valence-electron chi connectivity index (χ1n) is 2.92. The molecule has 0 aromatic rings. The molecule has 0 rings (SSSR count). The van der Waals surface area contributed by atoms with E-state index in [1.54, 1.807) is 0 Å². The van der Waals surface area contributed by atoms with Crippen molar-refractivity contribution in [1.82, 2.24) is 5.01 Å². The summed E-state index contributed by atoms with van der Waals surface area (Å²) in [7, 11) is 0. The van der Waals surface area contributed by atoms with E-state index in [-0.39, 0.29) is 26.2 Å². The van der Waals surface area contributed by atoms with Crippen molar-refractivity contribution in [1.29, 1.82) is 0 Å². The quantitative estimate of drug-likeness (QED) is 0.364. The van der Waals surface area contributed by atoms with Gasteiger partial charge in [0.1, 0.15) is 6.54 Å². The van der Waals surface area contributed by atoms with E-state index in [9.17, 15) is 10.1 Å². The second-order valence-corrected chi connectivity index (χ2v) is 1.70. The molecule has 0 aromatic heterocycles. The second kappa shape index (κ2) is 4.95. The number of rotatable bonds is 5. The van der Waals surface area contributed by atoms with Gasteiger partial charge in [0.25, 0.3) is 0 Å². The summed E-state index contributed by atoms with van der Waals surface area (Å²) < 4.78 is 0. The molecule has 0 aliphatic rings. The van der Waals surface area contributed by atoms with Gasteiger partial charge in [-0.25, -0.2) is 10.1 Å². The number of aliphatic hydroxyl groups excluding tert-OH is 1. The Bertz CT molecular complexity index is 102. The molecule has 0 aromatic carbocycles. The lowest BCUT2D eigenvalue weighted by molar-refractivity contribution is -0.655. The summed E-state index contributed by atoms with van der Waals surface area (Å²) in [6.07, 6.45) is 0. The van der Waals surface area contributed by atoms with Crippen LogP contribution in [0, 0.1) is 10.1 Å². The summed E-state index contributed by atoms with van der Waals surface area (Å²) in [6.45, 7) is 0.208. The molecular formula is C4H11N3O3. The molecule has 10 heavy (non-hydrogen) atoms. The van der Waals surface area contributed by atoms with Crippen LogP contribution in [0.1, 0.15) is 0 Å². The van der Waals surface area contributed by atoms with E-state index in [0.29, 0.717) is 0 Å². The fourth-order valence-electron chi connectivity index (χ4n) is 0.540. The van der Waals surface area contributed by atoms with Crippen molar-refractivity contribution in [2.24, 2.45) is 5.73 Å². The maximum Gasteiger partial charge on any atom is 0.160 e. The Labute approximate surface area is 58.4 Å². The summed E-state index contributed by atoms with van der Waals surface area (Å²) in [5, 5.41) is 18.7. The molecule has 0 spiro atoms. The minimum atomic E-state index is -0.566. The minimum absolute atomic E-state index is 0.0319. The van der Waals surface area contributed by atoms with Gasteiger partial charge >= 0.3 is 0 Å². The molecule has 0 saturated carbocycles. The lowest BCUT2D eigenvalue weighted by atomic mass is 10.6. The number of nitrogens with zero attached hydrogens (tertiary/aromatic N) is 2. The van der Waals surface area contributed by atoms with Crippen LogP contribution in [0.25, 0.3) is 0 Å². The third-order valence-corrected chi connectivity index (χ3v) is 0.976. The van der Waals surface area contributed by atoms with E-state index in [2.05, 4.69) is 0 Å². The molecule has 0 amide bonds. The standard InChI is InChI=1S/C4H11N3O3/c5-1-2-6(3-4-8)7(9)10/h8H,1-5H2. The predicted octanol–water partition coefficient (Wildman–Crippen LogP) is -1.57. The smallest absolute Gasteiger partial charge is 0.160 e. The highest BCUT2D eigenvalue weighted by atomic mass is 16.7. The lowest BCUT2D eigenvalue weighted by Crippen LogP contribution is -2.36. The maximum absolute atomic E-state index is 10.0. The molecule has 0 saturated heterocycles. The first-order valence-corrected chi connectivity index (χ1v) is 2.92. The van der Waals surface area contributed by atoms with E-state index in [1.165, 1.54) is 0 Å². The minimum Gasteiger partial charge on any atom is -0.394 e. The zero-order valence-electron chi connectivity index (χ0n) is 5.56. The number of nitro groups is 1. The van der Waals surface area contributed by atoms with Crippen molar-refractivity contribution in [2.75, 3.05) is 26.2 Å². The van der Waals surface area contributed by atoms with Crippen molar-refractivity contribution in [3.05, 3.63) is 10.1 Å². The summed E-state index contributed by atoms with van der Waals surface area (Å²) in [4.78, 5) is 10.0. The predicted molar refractivity (Wildman–Crippen MR) is 34.7 cm³/mol. The van der Waals surface area contributed by atoms with Gasteiger partial charge in [0, 0.05) is 6.54 Å². The van der Waals surface area contributed by atoms with Crippen LogP contribution in [0.4, 0.5) is 0 Å². The highest BCUT2D eigenvalue weighted by Crippen LogP contribution is 1.84. The highest BCUT2D eigenvalue weighted by Gasteiger charge is 2.10. The number of aliphatic hydroxyl groups is 1. The Kier molecular flexibility index (Phi) is 4.51. The van der Waals surface area contributed by atoms with Gasteiger partial charge in [0.2, 0.25) is 0 Å². The van der Waals surface area contributed by atoms with Gasteiger partial charge in [0.15, 0.2) is 5.03 Å². The molecular weight excluding hydrogens is 138 g/mol. The Hall–Kier alpha value is -0.880. The van der Waals surface area contributed by atoms with Gasteiger partial charge in [-0.3, -0.25) is 0 Å². The van der Waals surface area contributed by atoms with E-state index in [4.69, 9.17) is 10.8 Å². The van der Waals surface area contributed by atoms with Gasteiger partial charge in [-0.05, 0) is 0 Å². The van der Waals surface area contributed by atoms with E-state index in [0.717, 1.165) is 5.01 Å². The van der Waals surface area contributed by atoms with Crippen LogP contribution in [0.5, 0.6) is 0 Å². The third kappa shape index (κ3) is 3.21. The Morgan fingerprint density at radius 2 is 2.20 bits per heavy atom. The van der Waals surface area contributed by atoms with E-state index >= 15 is 0 Å². The fraction of sp³-hybridized carbons (Fsp3) is 1.00. The Morgan fingerprint density at radius 1 is 1.60 bits per heavy atom. The first-order chi connectivity index (χ1) is 4.72. The Morgan fingerprint density at radius 3 is 2.50 bits per heavy atom. The molecule has 6 heteroatoms. The average molecular weight is 149 g/mol. The molecule has 0 aliphatic heterocycles. The third-order valence-electron chi connectivity index (χ3n) is 0.976. The van der Waals surface area contributed by atoms with Crippen molar-refractivity contribution < 1.29 is 10.1 Å². The van der Waals surface area contributed by atoms with Gasteiger partial charge in [0.05, 0.1) is 13.2 Å². The molecule has 0 heterocycles. The largest absolute Gasteiger partial charge is 0.394 e. The van der Waals surface area contributed by atoms with Crippen LogP contribution in [-0.2, 0) is 0 Å². The maximum atomic E-state index is 10.0. The van der Waals surface area contributed by atoms with Crippen LogP contribution in [0.2, 0.25) is 0 Å². The van der Waals surface area contributed by atoms with Gasteiger partial charge in [-0.1, -0.05) is 0 Å². The molecule has 3 N–H and O–H groups in total. The molecule has 0 bridgehead atoms. The molecule has 0 aliphatic carbocycles. The van der Waals surface area contributed by atoms with Crippen molar-refractivity contribution in [3.8, 4) is 0 Å². The van der Waals surface area contributed by atoms with Crippen LogP contribution in [-0.4, -0.2) is 41.4 Å². The van der Waals surface area contributed by atoms with Crippen molar-refractivity contribution in [2.45, 2.75) is 0 Å². The van der Waals surface area contributed by atoms with Crippen molar-refractivity contribution >= 4 is 0 Å². The highest BCUT2D eigenvalue weighted by molar-refractivity contribution is 4.43. The average Bonchev–Trinajstić information content (AvgIpc) is 1.87. The van der Waals surface area contributed by atoms with Crippen molar-refractivity contribution in [3.63, 3.8) is 0 Å². The van der Waals surface area contributed by atoms with Gasteiger partial charge in [-0.15, -0.1) is 5.01 Å². The molecule has 0 radical (unpaired) electrons. The SMILES string of the molecule is NCCN(CCO)[N+](=O)[O-]. The number of nitrogens with two attached hydrogens (primary N) is 1. The molecule has 0 unspecified atom stereocenters. The van der Waals surface area contributed by atoms with Crippen LogP contribution >= 0.6 is 0 Å². The van der Waals surface area contributed by atoms with Gasteiger partial charge in [-0.2, -0.15) is 0 Å². The molecule has 60 valence electrons. The normalized spacial score (nSPS) is 9.40. The summed E-state index contributed by atoms with van der Waals surface area (Å²) >= 11 is 0. The second-order valence-electron chi connectivity index (χ2n) is 1.70. The van der Waals surface area contributed by atoms with E-state index < -0.39 is 5.03 Å². The number of hydrogen-bond acceptors (Lipinski definition) is 4. The van der Waals surface area contributed by atoms with E-state index in [1.807, 2.05) is 0 Å². The number of hydrazine groups is 1. The summed E-state index contributed by atoms with van der Waals surface area (Å²) in [5.74, 6) is 0. The zero-order chi connectivity index (χ0) is 7.98. The van der Waals surface area contributed by atoms with Crippen LogP contribution in [0.3, 0.4) is 0 Å². The van der Waals surface area contributed by atoms with Gasteiger partial charge < -0.3 is 10.8 Å². The molecule has 6 nitrogen and oxygen atoms in total. The monoisotopic (exact) mass is 149 g/mol. The van der Waals surface area contributed by atoms with Crippen LogP contribution < -0.4 is 5.73 Å². The summed E-state index contributed by atoms with van der Waals surface area (Å²) in [6, 6.07) is 0. The topological polar surface area (TPSA) is 92.6 Å². The van der Waals surface area contributed by atoms with Crippen LogP contribution in [0.15, 0.2) is 0 Å². The Balaban J connectivity index is 3.61. The molecule has 0 atom stereocenters. The fourth-order valence-corrected chi connectivity index (χ4v) is 0.540. The first kappa shape index (κ1) is 9.12. The summed E-state index contributed by atoms with van der Waals surface area (Å²) in [5.41, 5.74) is 5.07. The zero-order valence-corrected chi connectivity index (χ0v) is 5.56. The lowest BCUT2D eigenvalue weighted by Gasteiger charge is -2.10. The molecule has 0 fully saturated rings. The number of hydrogen-bond donors (Lipinski definition) is 2.